The summed E-state index contributed by atoms with van der Waals surface area (Å²) < 4.78 is 5.46. The number of hydrogen-bond acceptors (Lipinski definition) is 2. The van der Waals surface area contributed by atoms with Crippen molar-refractivity contribution >= 4 is 23.0 Å². The molecule has 1 saturated heterocycles. The molecule has 0 aromatic carbocycles. The lowest BCUT2D eigenvalue weighted by Gasteiger charge is -2.35. The molecule has 0 spiro atoms. The maximum atomic E-state index is 5.46. The highest BCUT2D eigenvalue weighted by atomic mass is 127. The van der Waals surface area contributed by atoms with Crippen LogP contribution in [0.5, 0.6) is 0 Å². The Morgan fingerprint density at radius 2 is 2.07 bits per heavy atom. The van der Waals surface area contributed by atoms with E-state index in [0.29, 0.717) is 17.6 Å². The number of rotatable bonds is 4. The Hall–Kier alpha value is 0.650. The first-order valence-corrected chi connectivity index (χ1v) is 6.41. The molecule has 1 rings (SSSR count). The highest BCUT2D eigenvalue weighted by molar-refractivity contribution is 14.1. The summed E-state index contributed by atoms with van der Waals surface area (Å²) in [5, 5.41) is 0. The normalized spacial score (nSPS) is 29.8. The third-order valence-electron chi connectivity index (χ3n) is 3.38. The van der Waals surface area contributed by atoms with Crippen molar-refractivity contribution in [1.29, 1.82) is 0 Å². The van der Waals surface area contributed by atoms with E-state index in [-0.39, 0.29) is 0 Å². The van der Waals surface area contributed by atoms with Gasteiger partial charge in [0.2, 0.25) is 0 Å². The molecule has 0 saturated carbocycles. The first-order chi connectivity index (χ1) is 6.51. The van der Waals surface area contributed by atoms with Crippen LogP contribution in [0.3, 0.4) is 0 Å². The molecule has 0 bridgehead atoms. The van der Waals surface area contributed by atoms with E-state index >= 15 is 0 Å². The standard InChI is InChI=1S/C11H22INO/c1-5-6-11(3,4)13-7-9(2)10(8-13)14-12/h9-10H,5-8H2,1-4H3. The van der Waals surface area contributed by atoms with E-state index in [9.17, 15) is 0 Å². The molecule has 84 valence electrons. The predicted octanol–water partition coefficient (Wildman–Crippen LogP) is 3.25. The topological polar surface area (TPSA) is 12.5 Å². The summed E-state index contributed by atoms with van der Waals surface area (Å²) in [6.45, 7) is 11.5. The monoisotopic (exact) mass is 311 g/mol. The second-order valence-electron chi connectivity index (χ2n) is 5.07. The molecule has 0 aliphatic carbocycles. The van der Waals surface area contributed by atoms with E-state index in [0.717, 1.165) is 6.54 Å². The Labute approximate surface area is 102 Å². The van der Waals surface area contributed by atoms with E-state index in [2.05, 4.69) is 32.6 Å². The first-order valence-electron chi connectivity index (χ1n) is 5.53. The fraction of sp³-hybridized carbons (Fsp3) is 1.00. The van der Waals surface area contributed by atoms with Gasteiger partial charge in [-0.05, 0) is 26.2 Å². The van der Waals surface area contributed by atoms with Gasteiger partial charge < -0.3 is 3.07 Å². The quantitative estimate of drug-likeness (QED) is 0.739. The molecule has 2 unspecified atom stereocenters. The Kier molecular flexibility index (Phi) is 4.65. The van der Waals surface area contributed by atoms with Gasteiger partial charge in [-0.25, -0.2) is 0 Å². The van der Waals surface area contributed by atoms with Crippen molar-refractivity contribution in [2.45, 2.75) is 52.2 Å². The van der Waals surface area contributed by atoms with Crippen LogP contribution >= 0.6 is 23.0 Å². The largest absolute Gasteiger partial charge is 0.311 e. The highest BCUT2D eigenvalue weighted by Crippen LogP contribution is 2.30. The summed E-state index contributed by atoms with van der Waals surface area (Å²) in [6.07, 6.45) is 2.95. The average Bonchev–Trinajstić information content (AvgIpc) is 2.47. The molecular formula is C11H22INO. The Morgan fingerprint density at radius 1 is 1.43 bits per heavy atom. The van der Waals surface area contributed by atoms with Gasteiger partial charge in [-0.3, -0.25) is 4.90 Å². The van der Waals surface area contributed by atoms with Crippen molar-refractivity contribution in [1.82, 2.24) is 4.90 Å². The SMILES string of the molecule is CCCC(C)(C)N1CC(C)C(OI)C1. The molecule has 1 aliphatic rings. The molecule has 1 aliphatic heterocycles. The summed E-state index contributed by atoms with van der Waals surface area (Å²) in [5.41, 5.74) is 0.340. The molecule has 0 N–H and O–H groups in total. The van der Waals surface area contributed by atoms with Crippen LogP contribution in [0, 0.1) is 5.92 Å². The molecule has 1 heterocycles. The minimum Gasteiger partial charge on any atom is -0.311 e. The maximum absolute atomic E-state index is 5.46. The van der Waals surface area contributed by atoms with Crippen molar-refractivity contribution < 1.29 is 3.07 Å². The molecule has 1 fully saturated rings. The van der Waals surface area contributed by atoms with Crippen LogP contribution in [0.1, 0.15) is 40.5 Å². The predicted molar refractivity (Wildman–Crippen MR) is 68.6 cm³/mol. The van der Waals surface area contributed by atoms with E-state index < -0.39 is 0 Å². The van der Waals surface area contributed by atoms with Gasteiger partial charge in [0.05, 0.1) is 6.10 Å². The molecule has 14 heavy (non-hydrogen) atoms. The minimum atomic E-state index is 0.340. The zero-order valence-electron chi connectivity index (χ0n) is 9.72. The van der Waals surface area contributed by atoms with Crippen LogP contribution in [0.15, 0.2) is 0 Å². The van der Waals surface area contributed by atoms with Crippen molar-refractivity contribution in [3.63, 3.8) is 0 Å². The van der Waals surface area contributed by atoms with Gasteiger partial charge in [-0.15, -0.1) is 0 Å². The molecule has 2 nitrogen and oxygen atoms in total. The lowest BCUT2D eigenvalue weighted by atomic mass is 9.97. The highest BCUT2D eigenvalue weighted by Gasteiger charge is 2.37. The summed E-state index contributed by atoms with van der Waals surface area (Å²) in [4.78, 5) is 2.57. The number of hydrogen-bond donors (Lipinski definition) is 0. The zero-order valence-corrected chi connectivity index (χ0v) is 11.9. The van der Waals surface area contributed by atoms with Gasteiger partial charge in [-0.2, -0.15) is 0 Å². The number of nitrogens with zero attached hydrogens (tertiary/aromatic N) is 1. The molecule has 3 heteroatoms. The van der Waals surface area contributed by atoms with Crippen molar-refractivity contribution in [3.05, 3.63) is 0 Å². The average molecular weight is 311 g/mol. The third kappa shape index (κ3) is 2.83. The number of halogens is 1. The lowest BCUT2D eigenvalue weighted by Crippen LogP contribution is -2.42. The summed E-state index contributed by atoms with van der Waals surface area (Å²) in [7, 11) is 0. The van der Waals surface area contributed by atoms with Crippen molar-refractivity contribution in [2.75, 3.05) is 13.1 Å². The van der Waals surface area contributed by atoms with E-state index in [1.165, 1.54) is 19.4 Å². The second-order valence-corrected chi connectivity index (χ2v) is 5.58. The zero-order chi connectivity index (χ0) is 10.8. The van der Waals surface area contributed by atoms with Crippen LogP contribution in [0.4, 0.5) is 0 Å². The molecule has 2 atom stereocenters. The number of likely N-dealkylation sites (tertiary alicyclic amines) is 1. The fourth-order valence-corrected chi connectivity index (χ4v) is 2.98. The summed E-state index contributed by atoms with van der Waals surface area (Å²) in [6, 6.07) is 0. The first kappa shape index (κ1) is 12.7. The van der Waals surface area contributed by atoms with Gasteiger partial charge in [0, 0.05) is 18.6 Å². The van der Waals surface area contributed by atoms with E-state index in [1.807, 2.05) is 23.0 Å². The van der Waals surface area contributed by atoms with E-state index in [1.54, 1.807) is 0 Å². The Bertz CT molecular complexity index is 184. The van der Waals surface area contributed by atoms with Crippen LogP contribution < -0.4 is 0 Å². The smallest absolute Gasteiger partial charge is 0.110 e. The lowest BCUT2D eigenvalue weighted by molar-refractivity contribution is 0.128. The van der Waals surface area contributed by atoms with Crippen LogP contribution in [0.2, 0.25) is 0 Å². The molecular weight excluding hydrogens is 289 g/mol. The molecule has 0 radical (unpaired) electrons. The Morgan fingerprint density at radius 3 is 2.50 bits per heavy atom. The molecule has 0 aromatic rings. The van der Waals surface area contributed by atoms with Gasteiger partial charge in [-0.1, -0.05) is 20.3 Å². The van der Waals surface area contributed by atoms with Crippen molar-refractivity contribution in [2.24, 2.45) is 5.92 Å². The van der Waals surface area contributed by atoms with Gasteiger partial charge >= 0.3 is 0 Å². The summed E-state index contributed by atoms with van der Waals surface area (Å²) >= 11 is 2.04. The Balaban J connectivity index is 2.55. The van der Waals surface area contributed by atoms with Crippen LogP contribution in [-0.2, 0) is 3.07 Å². The maximum Gasteiger partial charge on any atom is 0.110 e. The second kappa shape index (κ2) is 5.12. The third-order valence-corrected chi connectivity index (χ3v) is 4.03. The summed E-state index contributed by atoms with van der Waals surface area (Å²) in [5.74, 6) is 0.669. The van der Waals surface area contributed by atoms with Gasteiger partial charge in [0.1, 0.15) is 23.0 Å². The van der Waals surface area contributed by atoms with Crippen LogP contribution in [0.25, 0.3) is 0 Å². The van der Waals surface area contributed by atoms with Gasteiger partial charge in [0.25, 0.3) is 0 Å². The molecule has 0 amide bonds. The van der Waals surface area contributed by atoms with E-state index in [4.69, 9.17) is 3.07 Å². The van der Waals surface area contributed by atoms with Crippen LogP contribution in [-0.4, -0.2) is 29.6 Å². The fourth-order valence-electron chi connectivity index (χ4n) is 2.32. The minimum absolute atomic E-state index is 0.340. The van der Waals surface area contributed by atoms with Gasteiger partial charge in [0.15, 0.2) is 0 Å². The van der Waals surface area contributed by atoms with Crippen molar-refractivity contribution in [3.8, 4) is 0 Å². The molecule has 0 aromatic heterocycles.